The molecule has 0 fully saturated rings. The van der Waals surface area contributed by atoms with Gasteiger partial charge in [-0.2, -0.15) is 10.4 Å². The molecule has 1 heterocycles. The van der Waals surface area contributed by atoms with E-state index in [0.29, 0.717) is 28.2 Å². The summed E-state index contributed by atoms with van der Waals surface area (Å²) < 4.78 is 7.06. The molecule has 3 aromatic rings. The average molecular weight is 346 g/mol. The molecule has 0 amide bonds. The van der Waals surface area contributed by atoms with Crippen LogP contribution in [0.2, 0.25) is 0 Å². The van der Waals surface area contributed by atoms with E-state index in [-0.39, 0.29) is 6.61 Å². The molecule has 1 aromatic heterocycles. The second-order valence-electron chi connectivity index (χ2n) is 5.88. The first kappa shape index (κ1) is 17.2. The molecule has 3 rings (SSSR count). The number of hydrogen-bond acceptors (Lipinski definition) is 5. The van der Waals surface area contributed by atoms with Crippen LogP contribution in [0, 0.1) is 25.2 Å². The fourth-order valence-electron chi connectivity index (χ4n) is 2.71. The summed E-state index contributed by atoms with van der Waals surface area (Å²) in [6.07, 6.45) is 0. The molecular weight excluding hydrogens is 328 g/mol. The SMILES string of the molecule is Cc1cccc(C(=O)OCc2c(C#N)c(C)nn2-c2ccccc2)c1N. The third-order valence-corrected chi connectivity index (χ3v) is 4.15. The van der Waals surface area contributed by atoms with Gasteiger partial charge in [0.1, 0.15) is 18.2 Å². The van der Waals surface area contributed by atoms with Crippen molar-refractivity contribution in [1.29, 1.82) is 5.26 Å². The van der Waals surface area contributed by atoms with Gasteiger partial charge in [-0.05, 0) is 37.6 Å². The molecule has 6 heteroatoms. The molecule has 2 aromatic carbocycles. The van der Waals surface area contributed by atoms with Crippen LogP contribution in [0.5, 0.6) is 0 Å². The van der Waals surface area contributed by atoms with Gasteiger partial charge in [0.2, 0.25) is 0 Å². The minimum absolute atomic E-state index is 0.0785. The van der Waals surface area contributed by atoms with E-state index in [0.717, 1.165) is 11.3 Å². The Kier molecular flexibility index (Phi) is 4.72. The van der Waals surface area contributed by atoms with Crippen molar-refractivity contribution >= 4 is 11.7 Å². The Morgan fingerprint density at radius 3 is 2.62 bits per heavy atom. The van der Waals surface area contributed by atoms with E-state index in [4.69, 9.17) is 10.5 Å². The van der Waals surface area contributed by atoms with Crippen LogP contribution in [-0.4, -0.2) is 15.7 Å². The number of carbonyl (C=O) groups is 1. The van der Waals surface area contributed by atoms with E-state index >= 15 is 0 Å². The standard InChI is InChI=1S/C20H18N4O2/c1-13-7-6-10-16(19(13)22)20(25)26-12-18-17(11-21)14(2)23-24(18)15-8-4-3-5-9-15/h3-10H,12,22H2,1-2H3. The van der Waals surface area contributed by atoms with Gasteiger partial charge in [-0.15, -0.1) is 0 Å². The van der Waals surface area contributed by atoms with Crippen molar-refractivity contribution in [3.05, 3.63) is 76.6 Å². The smallest absolute Gasteiger partial charge is 0.340 e. The van der Waals surface area contributed by atoms with Crippen LogP contribution in [-0.2, 0) is 11.3 Å². The molecular formula is C20H18N4O2. The van der Waals surface area contributed by atoms with Gasteiger partial charge >= 0.3 is 5.97 Å². The number of aromatic nitrogens is 2. The summed E-state index contributed by atoms with van der Waals surface area (Å²) in [7, 11) is 0. The van der Waals surface area contributed by atoms with E-state index in [1.807, 2.05) is 43.3 Å². The molecule has 0 aliphatic heterocycles. The fraction of sp³-hybridized carbons (Fsp3) is 0.150. The minimum Gasteiger partial charge on any atom is -0.455 e. The zero-order valence-electron chi connectivity index (χ0n) is 14.6. The molecule has 0 aliphatic carbocycles. The van der Waals surface area contributed by atoms with Crippen LogP contribution in [0.4, 0.5) is 5.69 Å². The zero-order chi connectivity index (χ0) is 18.7. The van der Waals surface area contributed by atoms with Crippen LogP contribution < -0.4 is 5.73 Å². The predicted molar refractivity (Wildman–Crippen MR) is 97.7 cm³/mol. The lowest BCUT2D eigenvalue weighted by atomic mass is 10.1. The van der Waals surface area contributed by atoms with Gasteiger partial charge in [0.05, 0.1) is 22.6 Å². The fourth-order valence-corrected chi connectivity index (χ4v) is 2.71. The highest BCUT2D eigenvalue weighted by Gasteiger charge is 2.19. The number of para-hydroxylation sites is 2. The number of rotatable bonds is 4. The first-order valence-electron chi connectivity index (χ1n) is 8.09. The Labute approximate surface area is 151 Å². The van der Waals surface area contributed by atoms with E-state index in [1.54, 1.807) is 23.7 Å². The number of nitrogens with zero attached hydrogens (tertiary/aromatic N) is 3. The van der Waals surface area contributed by atoms with Gasteiger partial charge in [-0.1, -0.05) is 30.3 Å². The van der Waals surface area contributed by atoms with E-state index < -0.39 is 5.97 Å². The van der Waals surface area contributed by atoms with Crippen molar-refractivity contribution in [3.8, 4) is 11.8 Å². The van der Waals surface area contributed by atoms with E-state index in [1.165, 1.54) is 0 Å². The number of benzene rings is 2. The highest BCUT2D eigenvalue weighted by molar-refractivity contribution is 5.95. The number of carbonyl (C=O) groups excluding carboxylic acids is 1. The molecule has 0 atom stereocenters. The first-order chi connectivity index (χ1) is 12.5. The summed E-state index contributed by atoms with van der Waals surface area (Å²) in [5.41, 5.74) is 9.77. The van der Waals surface area contributed by atoms with Crippen molar-refractivity contribution < 1.29 is 9.53 Å². The summed E-state index contributed by atoms with van der Waals surface area (Å²) in [6, 6.07) is 16.7. The number of nitriles is 1. The van der Waals surface area contributed by atoms with Gasteiger partial charge in [0.15, 0.2) is 0 Å². The van der Waals surface area contributed by atoms with E-state index in [9.17, 15) is 10.1 Å². The zero-order valence-corrected chi connectivity index (χ0v) is 14.6. The minimum atomic E-state index is -0.534. The predicted octanol–water partition coefficient (Wildman–Crippen LogP) is 3.30. The van der Waals surface area contributed by atoms with Crippen molar-refractivity contribution in [3.63, 3.8) is 0 Å². The van der Waals surface area contributed by atoms with Gasteiger partial charge in [-0.25, -0.2) is 9.48 Å². The molecule has 0 aliphatic rings. The summed E-state index contributed by atoms with van der Waals surface area (Å²) in [5.74, 6) is -0.534. The lowest BCUT2D eigenvalue weighted by Crippen LogP contribution is -2.12. The van der Waals surface area contributed by atoms with Crippen LogP contribution in [0.25, 0.3) is 5.69 Å². The maximum atomic E-state index is 12.4. The third-order valence-electron chi connectivity index (χ3n) is 4.15. The van der Waals surface area contributed by atoms with Gasteiger partial charge in [0.25, 0.3) is 0 Å². The number of hydrogen-bond donors (Lipinski definition) is 1. The van der Waals surface area contributed by atoms with Crippen LogP contribution in [0.15, 0.2) is 48.5 Å². The Bertz CT molecular complexity index is 1000. The van der Waals surface area contributed by atoms with Crippen LogP contribution in [0.3, 0.4) is 0 Å². The summed E-state index contributed by atoms with van der Waals surface area (Å²) in [4.78, 5) is 12.4. The molecule has 130 valence electrons. The van der Waals surface area contributed by atoms with Gasteiger partial charge in [0, 0.05) is 5.69 Å². The first-order valence-corrected chi connectivity index (χ1v) is 8.09. The Morgan fingerprint density at radius 1 is 1.19 bits per heavy atom. The molecule has 0 bridgehead atoms. The van der Waals surface area contributed by atoms with Crippen molar-refractivity contribution in [2.75, 3.05) is 5.73 Å². The number of aryl methyl sites for hydroxylation is 2. The lowest BCUT2D eigenvalue weighted by Gasteiger charge is -2.11. The number of nitrogens with two attached hydrogens (primary N) is 1. The average Bonchev–Trinajstić information content (AvgIpc) is 2.98. The van der Waals surface area contributed by atoms with Crippen LogP contribution >= 0.6 is 0 Å². The van der Waals surface area contributed by atoms with Crippen molar-refractivity contribution in [1.82, 2.24) is 9.78 Å². The lowest BCUT2D eigenvalue weighted by molar-refractivity contribution is 0.0466. The molecule has 0 saturated carbocycles. The highest BCUT2D eigenvalue weighted by Crippen LogP contribution is 2.21. The summed E-state index contributed by atoms with van der Waals surface area (Å²) in [5, 5.41) is 13.9. The molecule has 0 spiro atoms. The van der Waals surface area contributed by atoms with Crippen LogP contribution in [0.1, 0.15) is 32.9 Å². The second kappa shape index (κ2) is 7.11. The Balaban J connectivity index is 1.92. The molecule has 2 N–H and O–H groups in total. The maximum absolute atomic E-state index is 12.4. The number of ether oxygens (including phenoxy) is 1. The molecule has 6 nitrogen and oxygen atoms in total. The van der Waals surface area contributed by atoms with Gasteiger partial charge in [-0.3, -0.25) is 0 Å². The molecule has 26 heavy (non-hydrogen) atoms. The maximum Gasteiger partial charge on any atom is 0.340 e. The number of esters is 1. The Hall–Kier alpha value is -3.59. The summed E-state index contributed by atoms with van der Waals surface area (Å²) in [6.45, 7) is 3.50. The topological polar surface area (TPSA) is 93.9 Å². The van der Waals surface area contributed by atoms with E-state index in [2.05, 4.69) is 11.2 Å². The number of nitrogen functional groups attached to an aromatic ring is 1. The largest absolute Gasteiger partial charge is 0.455 e. The summed E-state index contributed by atoms with van der Waals surface area (Å²) >= 11 is 0. The normalized spacial score (nSPS) is 10.3. The highest BCUT2D eigenvalue weighted by atomic mass is 16.5. The molecule has 0 saturated heterocycles. The van der Waals surface area contributed by atoms with Gasteiger partial charge < -0.3 is 10.5 Å². The monoisotopic (exact) mass is 346 g/mol. The second-order valence-corrected chi connectivity index (χ2v) is 5.88. The van der Waals surface area contributed by atoms with Crippen molar-refractivity contribution in [2.45, 2.75) is 20.5 Å². The Morgan fingerprint density at radius 2 is 1.92 bits per heavy atom. The third kappa shape index (κ3) is 3.15. The van der Waals surface area contributed by atoms with Crippen molar-refractivity contribution in [2.24, 2.45) is 0 Å². The molecule has 0 radical (unpaired) electrons. The molecule has 0 unspecified atom stereocenters. The quantitative estimate of drug-likeness (QED) is 0.578. The number of anilines is 1.